The van der Waals surface area contributed by atoms with Gasteiger partial charge in [0.2, 0.25) is 6.10 Å². The number of benzene rings is 3. The lowest BCUT2D eigenvalue weighted by Crippen LogP contribution is -2.51. The molecule has 0 unspecified atom stereocenters. The maximum atomic E-state index is 13.4. The molecule has 0 bridgehead atoms. The fourth-order valence-corrected chi connectivity index (χ4v) is 4.23. The molecule has 1 heterocycles. The van der Waals surface area contributed by atoms with Gasteiger partial charge in [-0.15, -0.1) is 0 Å². The Labute approximate surface area is 217 Å². The molecule has 0 aliphatic heterocycles. The molecule has 1 N–H and O–H groups in total. The van der Waals surface area contributed by atoms with Gasteiger partial charge in [0, 0.05) is 11.4 Å². The van der Waals surface area contributed by atoms with Crippen molar-refractivity contribution >= 4 is 5.97 Å². The highest BCUT2D eigenvalue weighted by Gasteiger charge is 2.50. The molecule has 0 spiro atoms. The average molecular weight is 523 g/mol. The van der Waals surface area contributed by atoms with Crippen LogP contribution in [-0.2, 0) is 27.9 Å². The number of alkyl halides is 3. The van der Waals surface area contributed by atoms with Crippen LogP contribution >= 0.6 is 0 Å². The number of hydrogen-bond donors (Lipinski definition) is 1. The van der Waals surface area contributed by atoms with Gasteiger partial charge in [0.05, 0.1) is 12.2 Å². The first-order valence-electron chi connectivity index (χ1n) is 11.7. The number of aromatic nitrogens is 2. The summed E-state index contributed by atoms with van der Waals surface area (Å²) in [6.07, 6.45) is -6.35. The third-order valence-electron chi connectivity index (χ3n) is 5.93. The number of carboxylic acid groups (broad SMARTS) is 1. The Morgan fingerprint density at radius 2 is 1.32 bits per heavy atom. The van der Waals surface area contributed by atoms with Gasteiger partial charge in [-0.3, -0.25) is 0 Å². The first-order valence-corrected chi connectivity index (χ1v) is 11.7. The molecule has 0 saturated heterocycles. The Balaban J connectivity index is 1.93. The third kappa shape index (κ3) is 5.84. The van der Waals surface area contributed by atoms with Crippen LogP contribution in [0, 0.1) is 13.8 Å². The number of aryl methyl sites for hydroxylation is 2. The van der Waals surface area contributed by atoms with E-state index in [-0.39, 0.29) is 18.2 Å². The van der Waals surface area contributed by atoms with E-state index in [4.69, 9.17) is 9.47 Å². The van der Waals surface area contributed by atoms with Gasteiger partial charge in [-0.2, -0.15) is 13.2 Å². The van der Waals surface area contributed by atoms with Gasteiger partial charge in [0.25, 0.3) is 0 Å². The molecule has 38 heavy (non-hydrogen) atoms. The number of hydrogen-bond acceptors (Lipinski definition) is 5. The van der Waals surface area contributed by atoms with Crippen molar-refractivity contribution in [2.24, 2.45) is 0 Å². The van der Waals surface area contributed by atoms with Gasteiger partial charge in [0.1, 0.15) is 0 Å². The van der Waals surface area contributed by atoms with Crippen LogP contribution in [0.1, 0.15) is 33.6 Å². The lowest BCUT2D eigenvalue weighted by atomic mass is 9.80. The van der Waals surface area contributed by atoms with Crippen molar-refractivity contribution in [2.75, 3.05) is 0 Å². The summed E-state index contributed by atoms with van der Waals surface area (Å²) < 4.78 is 52.5. The monoisotopic (exact) mass is 522 g/mol. The molecule has 0 aliphatic rings. The van der Waals surface area contributed by atoms with Crippen LogP contribution in [0.2, 0.25) is 0 Å². The van der Waals surface area contributed by atoms with Crippen LogP contribution in [0.3, 0.4) is 0 Å². The Bertz CT molecular complexity index is 1360. The van der Waals surface area contributed by atoms with Crippen molar-refractivity contribution < 1.29 is 32.5 Å². The summed E-state index contributed by atoms with van der Waals surface area (Å²) in [5.41, 5.74) is -0.392. The Morgan fingerprint density at radius 1 is 0.816 bits per heavy atom. The van der Waals surface area contributed by atoms with E-state index in [2.05, 4.69) is 9.97 Å². The largest absolute Gasteiger partial charge is 0.478 e. The number of aliphatic carboxylic acids is 1. The molecule has 4 rings (SSSR count). The summed E-state index contributed by atoms with van der Waals surface area (Å²) in [5.74, 6) is -1.41. The number of ether oxygens (including phenoxy) is 2. The molecule has 9 heteroatoms. The summed E-state index contributed by atoms with van der Waals surface area (Å²) in [7, 11) is 0. The molecule has 2 atom stereocenters. The van der Waals surface area contributed by atoms with Gasteiger partial charge in [-0.1, -0.05) is 72.8 Å². The van der Waals surface area contributed by atoms with Gasteiger partial charge in [-0.05, 0) is 48.7 Å². The summed E-state index contributed by atoms with van der Waals surface area (Å²) in [6.45, 7) is 3.37. The first kappa shape index (κ1) is 26.8. The fraction of sp³-hybridized carbons (Fsp3) is 0.207. The molecule has 0 radical (unpaired) electrons. The Morgan fingerprint density at radius 3 is 1.84 bits per heavy atom. The molecule has 196 valence electrons. The molecule has 1 aromatic heterocycles. The predicted molar refractivity (Wildman–Crippen MR) is 133 cm³/mol. The van der Waals surface area contributed by atoms with Gasteiger partial charge < -0.3 is 14.6 Å². The zero-order valence-electron chi connectivity index (χ0n) is 20.6. The second-order valence-corrected chi connectivity index (χ2v) is 8.72. The molecule has 0 saturated carbocycles. The lowest BCUT2D eigenvalue weighted by molar-refractivity contribution is -0.166. The number of carboxylic acids is 1. The van der Waals surface area contributed by atoms with E-state index in [0.29, 0.717) is 17.0 Å². The number of nitrogens with zero attached hydrogens (tertiary/aromatic N) is 2. The highest BCUT2D eigenvalue weighted by Crippen LogP contribution is 2.41. The van der Waals surface area contributed by atoms with Gasteiger partial charge >= 0.3 is 18.2 Å². The quantitative estimate of drug-likeness (QED) is 0.286. The van der Waals surface area contributed by atoms with E-state index in [9.17, 15) is 23.1 Å². The topological polar surface area (TPSA) is 81.5 Å². The van der Waals surface area contributed by atoms with E-state index in [1.54, 1.807) is 74.5 Å². The average Bonchev–Trinajstić information content (AvgIpc) is 2.88. The second-order valence-electron chi connectivity index (χ2n) is 8.72. The second kappa shape index (κ2) is 11.0. The van der Waals surface area contributed by atoms with Gasteiger partial charge in [0.15, 0.2) is 5.60 Å². The Kier molecular flexibility index (Phi) is 7.78. The first-order chi connectivity index (χ1) is 18.1. The van der Waals surface area contributed by atoms with E-state index < -0.39 is 29.4 Å². The molecular weight excluding hydrogens is 497 g/mol. The van der Waals surface area contributed by atoms with Crippen molar-refractivity contribution in [2.45, 2.75) is 38.3 Å². The SMILES string of the molecule is Cc1cc(C)nc(O[C@H](C(=O)O)[C@@](OCc2ccccc2)(c2ccccc2)c2ccc(C(F)(F)F)cc2)n1. The highest BCUT2D eigenvalue weighted by atomic mass is 19.4. The van der Waals surface area contributed by atoms with Crippen molar-refractivity contribution in [3.05, 3.63) is 125 Å². The normalized spacial score (nSPS) is 13.9. The summed E-state index contributed by atoms with van der Waals surface area (Å²) in [4.78, 5) is 21.3. The molecule has 0 amide bonds. The van der Waals surface area contributed by atoms with E-state index >= 15 is 0 Å². The van der Waals surface area contributed by atoms with Crippen molar-refractivity contribution in [3.63, 3.8) is 0 Å². The van der Waals surface area contributed by atoms with Crippen LogP contribution in [0.4, 0.5) is 13.2 Å². The maximum absolute atomic E-state index is 13.4. The standard InChI is InChI=1S/C29H25F3N2O4/c1-19-17-20(2)34-27(33-19)38-25(26(35)36)28(22-11-7-4-8-12-22,37-18-21-9-5-3-6-10-21)23-13-15-24(16-14-23)29(30,31)32/h3-17,25H,18H2,1-2H3,(H,35,36)/t25-,28-/m1/s1. The van der Waals surface area contributed by atoms with Crippen LogP contribution in [0.15, 0.2) is 91.0 Å². The highest BCUT2D eigenvalue weighted by molar-refractivity contribution is 5.76. The van der Waals surface area contributed by atoms with Crippen LogP contribution in [0.25, 0.3) is 0 Å². The van der Waals surface area contributed by atoms with Gasteiger partial charge in [-0.25, -0.2) is 14.8 Å². The van der Waals surface area contributed by atoms with Crippen molar-refractivity contribution in [1.82, 2.24) is 9.97 Å². The Hall–Kier alpha value is -4.24. The number of rotatable bonds is 9. The lowest BCUT2D eigenvalue weighted by Gasteiger charge is -2.39. The zero-order chi connectivity index (χ0) is 27.3. The zero-order valence-corrected chi connectivity index (χ0v) is 20.6. The molecular formula is C29H25F3N2O4. The minimum Gasteiger partial charge on any atom is -0.478 e. The maximum Gasteiger partial charge on any atom is 0.416 e. The molecule has 0 aliphatic carbocycles. The summed E-state index contributed by atoms with van der Waals surface area (Å²) >= 11 is 0. The summed E-state index contributed by atoms with van der Waals surface area (Å²) in [6, 6.07) is 23.1. The molecule has 3 aromatic carbocycles. The van der Waals surface area contributed by atoms with E-state index in [0.717, 1.165) is 17.7 Å². The van der Waals surface area contributed by atoms with Crippen LogP contribution < -0.4 is 4.74 Å². The van der Waals surface area contributed by atoms with Crippen LogP contribution in [-0.4, -0.2) is 27.1 Å². The fourth-order valence-electron chi connectivity index (χ4n) is 4.23. The molecule has 4 aromatic rings. The van der Waals surface area contributed by atoms with Crippen molar-refractivity contribution in [1.29, 1.82) is 0 Å². The van der Waals surface area contributed by atoms with Crippen LogP contribution in [0.5, 0.6) is 6.01 Å². The van der Waals surface area contributed by atoms with E-state index in [1.807, 2.05) is 6.07 Å². The van der Waals surface area contributed by atoms with Crippen molar-refractivity contribution in [3.8, 4) is 6.01 Å². The minimum absolute atomic E-state index is 0.0579. The molecule has 0 fully saturated rings. The third-order valence-corrected chi connectivity index (χ3v) is 5.93. The number of carbonyl (C=O) groups is 1. The smallest absolute Gasteiger partial charge is 0.416 e. The molecule has 6 nitrogen and oxygen atoms in total. The number of halogens is 3. The predicted octanol–water partition coefficient (Wildman–Crippen LogP) is 6.10. The summed E-state index contributed by atoms with van der Waals surface area (Å²) in [5, 5.41) is 10.5. The minimum atomic E-state index is -4.57. The van der Waals surface area contributed by atoms with E-state index in [1.165, 1.54) is 12.1 Å².